The Labute approximate surface area is 108 Å². The van der Waals surface area contributed by atoms with E-state index < -0.39 is 10.0 Å². The largest absolute Gasteiger partial charge is 0.392 e. The van der Waals surface area contributed by atoms with E-state index in [9.17, 15) is 8.42 Å². The number of aliphatic hydroxyl groups excluding tert-OH is 1. The number of benzene rings is 1. The lowest BCUT2D eigenvalue weighted by atomic mass is 10.1. The summed E-state index contributed by atoms with van der Waals surface area (Å²) in [4.78, 5) is 0. The summed E-state index contributed by atoms with van der Waals surface area (Å²) in [7, 11) is -1.84. The standard InChI is InChI=1S/C12H19NO4S/c1-10(17-2)7-13-18(15,16)9-12-5-3-4-11(6-12)8-14/h3-6,10,13-14H,7-9H2,1-2H3. The first-order valence-electron chi connectivity index (χ1n) is 5.65. The maximum absolute atomic E-state index is 11.8. The summed E-state index contributed by atoms with van der Waals surface area (Å²) in [6.45, 7) is 1.94. The van der Waals surface area contributed by atoms with Crippen molar-refractivity contribution in [1.82, 2.24) is 4.72 Å². The molecule has 102 valence electrons. The van der Waals surface area contributed by atoms with Gasteiger partial charge in [-0.1, -0.05) is 24.3 Å². The molecular formula is C12H19NO4S. The first kappa shape index (κ1) is 15.1. The summed E-state index contributed by atoms with van der Waals surface area (Å²) in [5.74, 6) is -0.0999. The van der Waals surface area contributed by atoms with Crippen molar-refractivity contribution in [2.45, 2.75) is 25.4 Å². The molecule has 0 aliphatic carbocycles. The Hall–Kier alpha value is -0.950. The third kappa shape index (κ3) is 5.14. The van der Waals surface area contributed by atoms with Crippen LogP contribution in [-0.4, -0.2) is 33.3 Å². The van der Waals surface area contributed by atoms with Gasteiger partial charge in [-0.15, -0.1) is 0 Å². The van der Waals surface area contributed by atoms with Gasteiger partial charge in [-0.25, -0.2) is 13.1 Å². The third-order valence-corrected chi connectivity index (χ3v) is 3.84. The summed E-state index contributed by atoms with van der Waals surface area (Å²) in [5, 5.41) is 8.99. The van der Waals surface area contributed by atoms with Gasteiger partial charge in [0.15, 0.2) is 0 Å². The lowest BCUT2D eigenvalue weighted by Gasteiger charge is -2.11. The van der Waals surface area contributed by atoms with E-state index in [1.807, 2.05) is 0 Å². The van der Waals surface area contributed by atoms with Crippen LogP contribution in [0.25, 0.3) is 0 Å². The molecule has 5 nitrogen and oxygen atoms in total. The summed E-state index contributed by atoms with van der Waals surface area (Å²) >= 11 is 0. The highest BCUT2D eigenvalue weighted by Gasteiger charge is 2.13. The van der Waals surface area contributed by atoms with Gasteiger partial charge in [-0.2, -0.15) is 0 Å². The van der Waals surface area contributed by atoms with Crippen LogP contribution in [0.1, 0.15) is 18.1 Å². The molecule has 0 spiro atoms. The zero-order chi connectivity index (χ0) is 13.6. The monoisotopic (exact) mass is 273 g/mol. The molecule has 0 saturated carbocycles. The molecule has 1 atom stereocenters. The molecule has 0 heterocycles. The minimum Gasteiger partial charge on any atom is -0.392 e. The van der Waals surface area contributed by atoms with E-state index in [4.69, 9.17) is 9.84 Å². The van der Waals surface area contributed by atoms with Gasteiger partial charge in [0.2, 0.25) is 10.0 Å². The molecule has 1 rings (SSSR count). The normalized spacial score (nSPS) is 13.5. The molecule has 6 heteroatoms. The number of ether oxygens (including phenoxy) is 1. The highest BCUT2D eigenvalue weighted by atomic mass is 32.2. The smallest absolute Gasteiger partial charge is 0.215 e. The molecule has 18 heavy (non-hydrogen) atoms. The van der Waals surface area contributed by atoms with Crippen LogP contribution in [0.5, 0.6) is 0 Å². The number of nitrogens with one attached hydrogen (secondary N) is 1. The predicted molar refractivity (Wildman–Crippen MR) is 69.5 cm³/mol. The summed E-state index contributed by atoms with van der Waals surface area (Å²) in [5.41, 5.74) is 1.35. The van der Waals surface area contributed by atoms with E-state index in [1.54, 1.807) is 31.2 Å². The van der Waals surface area contributed by atoms with Crippen molar-refractivity contribution < 1.29 is 18.3 Å². The zero-order valence-corrected chi connectivity index (χ0v) is 11.4. The third-order valence-electron chi connectivity index (χ3n) is 2.52. The van der Waals surface area contributed by atoms with Crippen LogP contribution in [0.4, 0.5) is 0 Å². The lowest BCUT2D eigenvalue weighted by Crippen LogP contribution is -2.32. The van der Waals surface area contributed by atoms with Gasteiger partial charge in [0, 0.05) is 13.7 Å². The molecule has 2 N–H and O–H groups in total. The van der Waals surface area contributed by atoms with E-state index in [-0.39, 0.29) is 25.0 Å². The van der Waals surface area contributed by atoms with Gasteiger partial charge < -0.3 is 9.84 Å². The molecule has 0 radical (unpaired) electrons. The molecule has 0 bridgehead atoms. The van der Waals surface area contributed by atoms with Crippen LogP contribution in [-0.2, 0) is 27.1 Å². The fraction of sp³-hybridized carbons (Fsp3) is 0.500. The van der Waals surface area contributed by atoms with Crippen LogP contribution in [0, 0.1) is 0 Å². The highest BCUT2D eigenvalue weighted by molar-refractivity contribution is 7.88. The van der Waals surface area contributed by atoms with Gasteiger partial charge in [-0.3, -0.25) is 0 Å². The number of hydrogen-bond acceptors (Lipinski definition) is 4. The Morgan fingerprint density at radius 1 is 1.39 bits per heavy atom. The van der Waals surface area contributed by atoms with Crippen molar-refractivity contribution in [2.75, 3.05) is 13.7 Å². The van der Waals surface area contributed by atoms with Crippen LogP contribution in [0.2, 0.25) is 0 Å². The fourth-order valence-electron chi connectivity index (χ4n) is 1.42. The molecule has 0 fully saturated rings. The van der Waals surface area contributed by atoms with Crippen molar-refractivity contribution >= 4 is 10.0 Å². The molecule has 0 aliphatic heterocycles. The molecule has 1 aromatic rings. The Kier molecular flexibility index (Phi) is 5.74. The minimum atomic E-state index is -3.38. The molecule has 0 amide bonds. The topological polar surface area (TPSA) is 75.6 Å². The highest BCUT2D eigenvalue weighted by Crippen LogP contribution is 2.08. The Morgan fingerprint density at radius 2 is 2.06 bits per heavy atom. The van der Waals surface area contributed by atoms with Crippen molar-refractivity contribution in [3.8, 4) is 0 Å². The van der Waals surface area contributed by atoms with Crippen LogP contribution >= 0.6 is 0 Å². The maximum atomic E-state index is 11.8. The second kappa shape index (κ2) is 6.84. The second-order valence-electron chi connectivity index (χ2n) is 4.13. The van der Waals surface area contributed by atoms with E-state index in [0.717, 1.165) is 0 Å². The van der Waals surface area contributed by atoms with Gasteiger partial charge >= 0.3 is 0 Å². The number of rotatable bonds is 7. The molecule has 0 aromatic heterocycles. The van der Waals surface area contributed by atoms with Crippen molar-refractivity contribution in [3.05, 3.63) is 35.4 Å². The predicted octanol–water partition coefficient (Wildman–Crippen LogP) is 0.633. The van der Waals surface area contributed by atoms with E-state index in [1.165, 1.54) is 7.11 Å². The lowest BCUT2D eigenvalue weighted by molar-refractivity contribution is 0.122. The van der Waals surface area contributed by atoms with Crippen LogP contribution in [0.3, 0.4) is 0 Å². The van der Waals surface area contributed by atoms with Gasteiger partial charge in [0.05, 0.1) is 18.5 Å². The Bertz CT molecular complexity index is 473. The maximum Gasteiger partial charge on any atom is 0.215 e. The molecule has 0 aliphatic rings. The van der Waals surface area contributed by atoms with E-state index >= 15 is 0 Å². The van der Waals surface area contributed by atoms with Crippen LogP contribution in [0.15, 0.2) is 24.3 Å². The minimum absolute atomic E-state index is 0.0952. The van der Waals surface area contributed by atoms with Crippen molar-refractivity contribution in [2.24, 2.45) is 0 Å². The summed E-state index contributed by atoms with van der Waals surface area (Å²) < 4.78 is 31.0. The molecular weight excluding hydrogens is 254 g/mol. The molecule has 0 saturated heterocycles. The van der Waals surface area contributed by atoms with Crippen molar-refractivity contribution in [1.29, 1.82) is 0 Å². The fourth-order valence-corrected chi connectivity index (χ4v) is 2.62. The first-order valence-corrected chi connectivity index (χ1v) is 7.31. The number of methoxy groups -OCH3 is 1. The first-order chi connectivity index (χ1) is 8.46. The Morgan fingerprint density at radius 3 is 2.67 bits per heavy atom. The summed E-state index contributed by atoms with van der Waals surface area (Å²) in [6, 6.07) is 6.88. The van der Waals surface area contributed by atoms with Gasteiger partial charge in [-0.05, 0) is 18.1 Å². The van der Waals surface area contributed by atoms with Crippen molar-refractivity contribution in [3.63, 3.8) is 0 Å². The quantitative estimate of drug-likeness (QED) is 0.764. The average Bonchev–Trinajstić information content (AvgIpc) is 2.35. The summed E-state index contributed by atoms with van der Waals surface area (Å²) in [6.07, 6.45) is -0.163. The van der Waals surface area contributed by atoms with Gasteiger partial charge in [0.25, 0.3) is 0 Å². The number of aliphatic hydroxyl groups is 1. The van der Waals surface area contributed by atoms with E-state index in [0.29, 0.717) is 11.1 Å². The Balaban J connectivity index is 2.64. The number of sulfonamides is 1. The average molecular weight is 273 g/mol. The van der Waals surface area contributed by atoms with Gasteiger partial charge in [0.1, 0.15) is 0 Å². The van der Waals surface area contributed by atoms with Crippen LogP contribution < -0.4 is 4.72 Å². The zero-order valence-electron chi connectivity index (χ0n) is 10.6. The number of hydrogen-bond donors (Lipinski definition) is 2. The molecule has 1 unspecified atom stereocenters. The van der Waals surface area contributed by atoms with E-state index in [2.05, 4.69) is 4.72 Å². The SMILES string of the molecule is COC(C)CNS(=O)(=O)Cc1cccc(CO)c1. The molecule has 1 aromatic carbocycles. The second-order valence-corrected chi connectivity index (χ2v) is 5.94.